The van der Waals surface area contributed by atoms with Crippen molar-refractivity contribution in [2.75, 3.05) is 11.0 Å². The van der Waals surface area contributed by atoms with Crippen LogP contribution in [-0.2, 0) is 4.74 Å². The van der Waals surface area contributed by atoms with Crippen LogP contribution in [0, 0.1) is 11.8 Å². The van der Waals surface area contributed by atoms with E-state index in [9.17, 15) is 0 Å². The van der Waals surface area contributed by atoms with Crippen LogP contribution in [0.15, 0.2) is 0 Å². The molecule has 0 atom stereocenters. The first-order chi connectivity index (χ1) is 9.28. The van der Waals surface area contributed by atoms with Crippen LogP contribution in [0.25, 0.3) is 0 Å². The summed E-state index contributed by atoms with van der Waals surface area (Å²) in [6.07, 6.45) is 15.4. The third-order valence-electron chi connectivity index (χ3n) is 5.31. The maximum Gasteiger partial charge on any atom is 0.0771 e. The third kappa shape index (κ3) is 4.87. The first-order valence-corrected chi connectivity index (χ1v) is 10.0. The van der Waals surface area contributed by atoms with Crippen LogP contribution in [0.4, 0.5) is 0 Å². The van der Waals surface area contributed by atoms with Crippen molar-refractivity contribution < 1.29 is 4.74 Å². The summed E-state index contributed by atoms with van der Waals surface area (Å²) in [7, 11) is 0. The van der Waals surface area contributed by atoms with Gasteiger partial charge in [-0.3, -0.25) is 0 Å². The van der Waals surface area contributed by atoms with Crippen molar-refractivity contribution in [2.24, 2.45) is 11.8 Å². The summed E-state index contributed by atoms with van der Waals surface area (Å²) in [6, 6.07) is 0. The lowest BCUT2D eigenvalue weighted by Gasteiger charge is -2.40. The Morgan fingerprint density at radius 1 is 1.00 bits per heavy atom. The maximum absolute atomic E-state index is 6.48. The van der Waals surface area contributed by atoms with Crippen molar-refractivity contribution in [2.45, 2.75) is 83.2 Å². The van der Waals surface area contributed by atoms with Gasteiger partial charge in [0.1, 0.15) is 0 Å². The standard InChI is InChI=1S/C17H31IO/c1-2-6-15-9-11-17(14-18,12-10-15)19-13-16-7-4-3-5-8-16/h15-16H,2-14H2,1H3. The van der Waals surface area contributed by atoms with Crippen LogP contribution >= 0.6 is 22.6 Å². The van der Waals surface area contributed by atoms with E-state index in [4.69, 9.17) is 4.74 Å². The molecule has 2 heteroatoms. The second kappa shape index (κ2) is 8.21. The average molecular weight is 378 g/mol. The molecule has 2 aliphatic carbocycles. The van der Waals surface area contributed by atoms with Crippen LogP contribution < -0.4 is 0 Å². The van der Waals surface area contributed by atoms with Crippen molar-refractivity contribution in [3.63, 3.8) is 0 Å². The summed E-state index contributed by atoms with van der Waals surface area (Å²) in [5, 5.41) is 0. The van der Waals surface area contributed by atoms with Crippen LogP contribution in [0.1, 0.15) is 77.6 Å². The molecule has 0 bridgehead atoms. The number of alkyl halides is 1. The minimum absolute atomic E-state index is 0.238. The first-order valence-electron chi connectivity index (χ1n) is 8.48. The van der Waals surface area contributed by atoms with E-state index in [1.54, 1.807) is 0 Å². The molecule has 2 aliphatic rings. The van der Waals surface area contributed by atoms with Gasteiger partial charge in [0.25, 0.3) is 0 Å². The molecule has 0 aliphatic heterocycles. The largest absolute Gasteiger partial charge is 0.374 e. The third-order valence-corrected chi connectivity index (χ3v) is 6.70. The highest BCUT2D eigenvalue weighted by molar-refractivity contribution is 14.1. The van der Waals surface area contributed by atoms with E-state index in [0.29, 0.717) is 0 Å². The quantitative estimate of drug-likeness (QED) is 0.423. The second-order valence-corrected chi connectivity index (χ2v) is 7.63. The zero-order valence-corrected chi connectivity index (χ0v) is 14.8. The van der Waals surface area contributed by atoms with Gasteiger partial charge < -0.3 is 4.74 Å². The molecule has 0 heterocycles. The molecule has 112 valence electrons. The molecular weight excluding hydrogens is 347 g/mol. The van der Waals surface area contributed by atoms with E-state index in [1.165, 1.54) is 75.1 Å². The predicted molar refractivity (Wildman–Crippen MR) is 91.0 cm³/mol. The molecule has 0 amide bonds. The Hall–Kier alpha value is 0.690. The maximum atomic E-state index is 6.48. The molecule has 2 rings (SSSR count). The molecule has 0 aromatic carbocycles. The van der Waals surface area contributed by atoms with Crippen molar-refractivity contribution >= 4 is 22.6 Å². The Kier molecular flexibility index (Phi) is 6.94. The minimum Gasteiger partial charge on any atom is -0.374 e. The summed E-state index contributed by atoms with van der Waals surface area (Å²) in [6.45, 7) is 3.36. The van der Waals surface area contributed by atoms with Gasteiger partial charge in [-0.05, 0) is 50.4 Å². The van der Waals surface area contributed by atoms with Crippen molar-refractivity contribution in [3.8, 4) is 0 Å². The second-order valence-electron chi connectivity index (χ2n) is 6.86. The monoisotopic (exact) mass is 378 g/mol. The molecule has 0 aromatic rings. The number of halogens is 1. The molecule has 0 aromatic heterocycles. The zero-order valence-electron chi connectivity index (χ0n) is 12.6. The highest BCUT2D eigenvalue weighted by Gasteiger charge is 2.35. The van der Waals surface area contributed by atoms with E-state index >= 15 is 0 Å². The fourth-order valence-electron chi connectivity index (χ4n) is 3.87. The molecule has 2 fully saturated rings. The Labute approximate surface area is 133 Å². The van der Waals surface area contributed by atoms with Gasteiger partial charge in [-0.1, -0.05) is 61.6 Å². The van der Waals surface area contributed by atoms with Gasteiger partial charge in [0.2, 0.25) is 0 Å². The summed E-state index contributed by atoms with van der Waals surface area (Å²) in [4.78, 5) is 0. The molecule has 1 nitrogen and oxygen atoms in total. The molecule has 0 N–H and O–H groups in total. The topological polar surface area (TPSA) is 9.23 Å². The normalized spacial score (nSPS) is 33.5. The molecular formula is C17H31IO. The number of hydrogen-bond acceptors (Lipinski definition) is 1. The van der Waals surface area contributed by atoms with Crippen LogP contribution in [0.2, 0.25) is 0 Å². The number of hydrogen-bond donors (Lipinski definition) is 0. The molecule has 0 saturated heterocycles. The fourth-order valence-corrected chi connectivity index (χ4v) is 4.85. The molecule has 0 unspecified atom stereocenters. The van der Waals surface area contributed by atoms with Crippen LogP contribution in [-0.4, -0.2) is 16.6 Å². The summed E-state index contributed by atoms with van der Waals surface area (Å²) < 4.78 is 7.67. The Balaban J connectivity index is 1.75. The fraction of sp³-hybridized carbons (Fsp3) is 1.00. The van der Waals surface area contributed by atoms with Gasteiger partial charge in [0, 0.05) is 4.43 Å². The predicted octanol–water partition coefficient (Wildman–Crippen LogP) is 5.75. The van der Waals surface area contributed by atoms with Gasteiger partial charge in [0.05, 0.1) is 12.2 Å². The number of ether oxygens (including phenoxy) is 1. The Bertz CT molecular complexity index is 240. The zero-order chi connectivity index (χ0) is 13.6. The Morgan fingerprint density at radius 3 is 2.26 bits per heavy atom. The summed E-state index contributed by atoms with van der Waals surface area (Å²) in [5.74, 6) is 1.85. The van der Waals surface area contributed by atoms with E-state index < -0.39 is 0 Å². The van der Waals surface area contributed by atoms with Gasteiger partial charge in [-0.2, -0.15) is 0 Å². The van der Waals surface area contributed by atoms with E-state index in [0.717, 1.165) is 18.4 Å². The highest BCUT2D eigenvalue weighted by Crippen LogP contribution is 2.39. The van der Waals surface area contributed by atoms with Crippen LogP contribution in [0.5, 0.6) is 0 Å². The Morgan fingerprint density at radius 2 is 1.68 bits per heavy atom. The lowest BCUT2D eigenvalue weighted by molar-refractivity contribution is -0.0763. The summed E-state index contributed by atoms with van der Waals surface area (Å²) >= 11 is 2.56. The van der Waals surface area contributed by atoms with Gasteiger partial charge in [0.15, 0.2) is 0 Å². The number of rotatable bonds is 6. The summed E-state index contributed by atoms with van der Waals surface area (Å²) in [5.41, 5.74) is 0.238. The van der Waals surface area contributed by atoms with Gasteiger partial charge >= 0.3 is 0 Å². The average Bonchev–Trinajstić information content (AvgIpc) is 2.48. The lowest BCUT2D eigenvalue weighted by Crippen LogP contribution is -2.40. The van der Waals surface area contributed by atoms with E-state index in [1.807, 2.05) is 0 Å². The van der Waals surface area contributed by atoms with E-state index in [2.05, 4.69) is 29.5 Å². The van der Waals surface area contributed by atoms with E-state index in [-0.39, 0.29) is 5.60 Å². The molecule has 0 spiro atoms. The lowest BCUT2D eigenvalue weighted by atomic mass is 9.78. The minimum atomic E-state index is 0.238. The SMILES string of the molecule is CCCC1CCC(CI)(OCC2CCCCC2)CC1. The van der Waals surface area contributed by atoms with Gasteiger partial charge in [-0.15, -0.1) is 0 Å². The van der Waals surface area contributed by atoms with Crippen LogP contribution in [0.3, 0.4) is 0 Å². The molecule has 19 heavy (non-hydrogen) atoms. The smallest absolute Gasteiger partial charge is 0.0771 e. The van der Waals surface area contributed by atoms with Crippen molar-refractivity contribution in [3.05, 3.63) is 0 Å². The van der Waals surface area contributed by atoms with Crippen molar-refractivity contribution in [1.29, 1.82) is 0 Å². The van der Waals surface area contributed by atoms with Crippen molar-refractivity contribution in [1.82, 2.24) is 0 Å². The first kappa shape index (κ1) is 16.1. The molecule has 0 radical (unpaired) electrons. The van der Waals surface area contributed by atoms with Gasteiger partial charge in [-0.25, -0.2) is 0 Å². The molecule has 2 saturated carbocycles. The highest BCUT2D eigenvalue weighted by atomic mass is 127.